The van der Waals surface area contributed by atoms with E-state index in [0.717, 1.165) is 11.8 Å². The predicted octanol–water partition coefficient (Wildman–Crippen LogP) is 2.89. The first kappa shape index (κ1) is 13.4. The fourth-order valence-corrected chi connectivity index (χ4v) is 3.52. The second kappa shape index (κ2) is 6.75. The van der Waals surface area contributed by atoms with Crippen molar-refractivity contribution in [2.24, 2.45) is 11.8 Å². The number of nitrogens with zero attached hydrogens (tertiary/aromatic N) is 1. The van der Waals surface area contributed by atoms with Gasteiger partial charge in [-0.05, 0) is 64.6 Å². The van der Waals surface area contributed by atoms with Crippen LogP contribution in [0.15, 0.2) is 0 Å². The van der Waals surface area contributed by atoms with Gasteiger partial charge in [-0.15, -0.1) is 0 Å². The van der Waals surface area contributed by atoms with Crippen LogP contribution in [-0.2, 0) is 0 Å². The van der Waals surface area contributed by atoms with Crippen molar-refractivity contribution in [3.63, 3.8) is 0 Å². The molecule has 2 heteroatoms. The van der Waals surface area contributed by atoms with Crippen LogP contribution >= 0.6 is 0 Å². The molecule has 1 heterocycles. The Morgan fingerprint density at radius 1 is 1.12 bits per heavy atom. The first-order valence-electron chi connectivity index (χ1n) is 7.67. The summed E-state index contributed by atoms with van der Waals surface area (Å²) in [5.41, 5.74) is 0. The molecule has 0 aromatic rings. The van der Waals surface area contributed by atoms with Gasteiger partial charge in [-0.2, -0.15) is 0 Å². The van der Waals surface area contributed by atoms with Crippen LogP contribution in [0.1, 0.15) is 51.9 Å². The summed E-state index contributed by atoms with van der Waals surface area (Å²) in [4.78, 5) is 2.49. The summed E-state index contributed by atoms with van der Waals surface area (Å²) in [6.45, 7) is 6.25. The molecule has 2 unspecified atom stereocenters. The topological polar surface area (TPSA) is 15.3 Å². The molecule has 2 fully saturated rings. The molecule has 1 N–H and O–H groups in total. The lowest BCUT2D eigenvalue weighted by Gasteiger charge is -2.35. The summed E-state index contributed by atoms with van der Waals surface area (Å²) in [6.07, 6.45) is 10.1. The van der Waals surface area contributed by atoms with E-state index < -0.39 is 0 Å². The van der Waals surface area contributed by atoms with Gasteiger partial charge in [0, 0.05) is 12.6 Å². The van der Waals surface area contributed by atoms with Crippen molar-refractivity contribution < 1.29 is 0 Å². The number of likely N-dealkylation sites (tertiary alicyclic amines) is 1. The van der Waals surface area contributed by atoms with E-state index in [4.69, 9.17) is 0 Å². The molecule has 0 amide bonds. The van der Waals surface area contributed by atoms with Gasteiger partial charge in [0.05, 0.1) is 0 Å². The zero-order valence-electron chi connectivity index (χ0n) is 11.8. The van der Waals surface area contributed by atoms with Crippen LogP contribution < -0.4 is 5.32 Å². The SMILES string of the molecule is CC(NCC1CCCCC1)C1CCCN(C)C1. The van der Waals surface area contributed by atoms with Gasteiger partial charge in [0.2, 0.25) is 0 Å². The first-order valence-corrected chi connectivity index (χ1v) is 7.67. The molecule has 0 aromatic carbocycles. The molecule has 1 aliphatic carbocycles. The molecule has 0 bridgehead atoms. The minimum absolute atomic E-state index is 0.708. The van der Waals surface area contributed by atoms with Crippen LogP contribution in [0, 0.1) is 11.8 Å². The molecule has 2 nitrogen and oxygen atoms in total. The largest absolute Gasteiger partial charge is 0.314 e. The van der Waals surface area contributed by atoms with Crippen LogP contribution in [0.5, 0.6) is 0 Å². The quantitative estimate of drug-likeness (QED) is 0.810. The first-order chi connectivity index (χ1) is 8.25. The highest BCUT2D eigenvalue weighted by Crippen LogP contribution is 2.24. The predicted molar refractivity (Wildman–Crippen MR) is 74.3 cm³/mol. The van der Waals surface area contributed by atoms with Crippen molar-refractivity contribution >= 4 is 0 Å². The zero-order chi connectivity index (χ0) is 12.1. The van der Waals surface area contributed by atoms with Gasteiger partial charge in [0.25, 0.3) is 0 Å². The molecular weight excluding hydrogens is 208 g/mol. The lowest BCUT2D eigenvalue weighted by atomic mass is 9.88. The Hall–Kier alpha value is -0.0800. The minimum atomic E-state index is 0.708. The number of hydrogen-bond donors (Lipinski definition) is 1. The van der Waals surface area contributed by atoms with Crippen LogP contribution in [-0.4, -0.2) is 37.6 Å². The number of rotatable bonds is 4. The lowest BCUT2D eigenvalue weighted by molar-refractivity contribution is 0.174. The van der Waals surface area contributed by atoms with Crippen molar-refractivity contribution in [3.05, 3.63) is 0 Å². The maximum Gasteiger partial charge on any atom is 0.00793 e. The monoisotopic (exact) mass is 238 g/mol. The van der Waals surface area contributed by atoms with E-state index in [2.05, 4.69) is 24.2 Å². The Morgan fingerprint density at radius 3 is 2.59 bits per heavy atom. The highest BCUT2D eigenvalue weighted by atomic mass is 15.1. The van der Waals surface area contributed by atoms with Crippen LogP contribution in [0.2, 0.25) is 0 Å². The summed E-state index contributed by atoms with van der Waals surface area (Å²) in [6, 6.07) is 0.708. The van der Waals surface area contributed by atoms with Gasteiger partial charge in [0.1, 0.15) is 0 Å². The molecule has 0 aromatic heterocycles. The van der Waals surface area contributed by atoms with Crippen LogP contribution in [0.3, 0.4) is 0 Å². The summed E-state index contributed by atoms with van der Waals surface area (Å²) < 4.78 is 0. The van der Waals surface area contributed by atoms with Crippen molar-refractivity contribution in [1.29, 1.82) is 0 Å². The van der Waals surface area contributed by atoms with Gasteiger partial charge in [-0.3, -0.25) is 0 Å². The normalized spacial score (nSPS) is 30.4. The van der Waals surface area contributed by atoms with E-state index in [-0.39, 0.29) is 0 Å². The zero-order valence-corrected chi connectivity index (χ0v) is 11.8. The Balaban J connectivity index is 1.67. The summed E-state index contributed by atoms with van der Waals surface area (Å²) >= 11 is 0. The highest BCUT2D eigenvalue weighted by molar-refractivity contribution is 4.80. The second-order valence-corrected chi connectivity index (χ2v) is 6.37. The highest BCUT2D eigenvalue weighted by Gasteiger charge is 2.23. The van der Waals surface area contributed by atoms with Crippen molar-refractivity contribution in [1.82, 2.24) is 10.2 Å². The number of nitrogens with one attached hydrogen (secondary N) is 1. The molecule has 1 saturated heterocycles. The van der Waals surface area contributed by atoms with Crippen LogP contribution in [0.4, 0.5) is 0 Å². The number of piperidine rings is 1. The van der Waals surface area contributed by atoms with E-state index in [1.807, 2.05) is 0 Å². The molecule has 2 atom stereocenters. The second-order valence-electron chi connectivity index (χ2n) is 6.37. The molecule has 0 radical (unpaired) electrons. The maximum atomic E-state index is 3.82. The van der Waals surface area contributed by atoms with Gasteiger partial charge in [-0.1, -0.05) is 19.3 Å². The molecule has 0 spiro atoms. The Morgan fingerprint density at radius 2 is 1.88 bits per heavy atom. The van der Waals surface area contributed by atoms with Gasteiger partial charge in [-0.25, -0.2) is 0 Å². The average Bonchev–Trinajstić information content (AvgIpc) is 2.37. The third kappa shape index (κ3) is 4.26. The summed E-state index contributed by atoms with van der Waals surface area (Å²) in [7, 11) is 2.26. The van der Waals surface area contributed by atoms with Crippen molar-refractivity contribution in [3.8, 4) is 0 Å². The van der Waals surface area contributed by atoms with Crippen LogP contribution in [0.25, 0.3) is 0 Å². The van der Waals surface area contributed by atoms with Crippen molar-refractivity contribution in [2.75, 3.05) is 26.7 Å². The third-order valence-corrected chi connectivity index (χ3v) is 4.82. The molecule has 1 aliphatic heterocycles. The molecular formula is C15H30N2. The molecule has 2 rings (SSSR count). The maximum absolute atomic E-state index is 3.82. The third-order valence-electron chi connectivity index (χ3n) is 4.82. The molecule has 100 valence electrons. The van der Waals surface area contributed by atoms with Gasteiger partial charge < -0.3 is 10.2 Å². The van der Waals surface area contributed by atoms with E-state index >= 15 is 0 Å². The van der Waals surface area contributed by atoms with E-state index in [0.29, 0.717) is 6.04 Å². The standard InChI is InChI=1S/C15H30N2/c1-13(15-9-6-10-17(2)12-15)16-11-14-7-4-3-5-8-14/h13-16H,3-12H2,1-2H3. The fraction of sp³-hybridized carbons (Fsp3) is 1.00. The Kier molecular flexibility index (Phi) is 5.30. The van der Waals surface area contributed by atoms with E-state index in [9.17, 15) is 0 Å². The molecule has 1 saturated carbocycles. The minimum Gasteiger partial charge on any atom is -0.314 e. The average molecular weight is 238 g/mol. The summed E-state index contributed by atoms with van der Waals surface area (Å²) in [5, 5.41) is 3.82. The van der Waals surface area contributed by atoms with Gasteiger partial charge >= 0.3 is 0 Å². The summed E-state index contributed by atoms with van der Waals surface area (Å²) in [5.74, 6) is 1.84. The Bertz CT molecular complexity index is 211. The van der Waals surface area contributed by atoms with Gasteiger partial charge in [0.15, 0.2) is 0 Å². The van der Waals surface area contributed by atoms with E-state index in [1.165, 1.54) is 64.6 Å². The molecule has 17 heavy (non-hydrogen) atoms. The fourth-order valence-electron chi connectivity index (χ4n) is 3.52. The van der Waals surface area contributed by atoms with Crippen molar-refractivity contribution in [2.45, 2.75) is 57.9 Å². The molecule has 2 aliphatic rings. The lowest BCUT2D eigenvalue weighted by Crippen LogP contribution is -2.44. The Labute approximate surface area is 107 Å². The van der Waals surface area contributed by atoms with E-state index in [1.54, 1.807) is 0 Å². The smallest absolute Gasteiger partial charge is 0.00793 e. The number of hydrogen-bond acceptors (Lipinski definition) is 2.